The lowest BCUT2D eigenvalue weighted by molar-refractivity contribution is -0.786. The number of nitrogens with one attached hydrogen (secondary N) is 1. The van der Waals surface area contributed by atoms with Gasteiger partial charge in [-0.3, -0.25) is 0 Å². The van der Waals surface area contributed by atoms with Crippen LogP contribution in [0.2, 0.25) is 0 Å². The van der Waals surface area contributed by atoms with E-state index in [1.54, 1.807) is 5.01 Å². The Balaban J connectivity index is 3.65. The van der Waals surface area contributed by atoms with E-state index in [9.17, 15) is 4.91 Å². The average Bonchev–Trinajstić information content (AvgIpc) is 1.91. The Morgan fingerprint density at radius 3 is 2.30 bits per heavy atom. The fourth-order valence-corrected chi connectivity index (χ4v) is 0.616. The molecule has 0 aromatic rings. The van der Waals surface area contributed by atoms with Gasteiger partial charge < -0.3 is 0 Å². The van der Waals surface area contributed by atoms with Crippen LogP contribution in [0.25, 0.3) is 0 Å². The second-order valence-corrected chi connectivity index (χ2v) is 1.71. The van der Waals surface area contributed by atoms with Gasteiger partial charge in [0.1, 0.15) is 0 Å². The smallest absolute Gasteiger partial charge is 0.226 e. The second kappa shape index (κ2) is 4.99. The van der Waals surface area contributed by atoms with E-state index in [1.807, 2.05) is 13.8 Å². The molecule has 0 unspecified atom stereocenters. The van der Waals surface area contributed by atoms with Gasteiger partial charge >= 0.3 is 0 Å². The van der Waals surface area contributed by atoms with Crippen LogP contribution in [0, 0.1) is 4.91 Å². The van der Waals surface area contributed by atoms with E-state index in [1.165, 1.54) is 7.11 Å². The summed E-state index contributed by atoms with van der Waals surface area (Å²) in [6, 6.07) is 0. The van der Waals surface area contributed by atoms with Crippen molar-refractivity contribution in [3.05, 3.63) is 4.91 Å². The van der Waals surface area contributed by atoms with Crippen LogP contribution in [0.1, 0.15) is 13.8 Å². The molecule has 0 aliphatic rings. The Hall–Kier alpha value is -0.840. The summed E-state index contributed by atoms with van der Waals surface area (Å²) in [6.07, 6.45) is 0. The average molecular weight is 148 g/mol. The van der Waals surface area contributed by atoms with Crippen LogP contribution >= 0.6 is 0 Å². The van der Waals surface area contributed by atoms with E-state index in [0.717, 1.165) is 0 Å². The van der Waals surface area contributed by atoms with Gasteiger partial charge in [-0.25, -0.2) is 4.84 Å². The van der Waals surface area contributed by atoms with Gasteiger partial charge in [-0.15, -0.1) is 5.01 Å². The summed E-state index contributed by atoms with van der Waals surface area (Å²) in [4.78, 5) is 15.8. The fourth-order valence-electron chi connectivity index (χ4n) is 0.616. The van der Waals surface area contributed by atoms with Crippen molar-refractivity contribution in [3.63, 3.8) is 0 Å². The van der Waals surface area contributed by atoms with Gasteiger partial charge in [-0.1, -0.05) is 0 Å². The third kappa shape index (κ3) is 2.63. The number of rotatable bonds is 5. The van der Waals surface area contributed by atoms with Crippen LogP contribution in [-0.2, 0) is 4.84 Å². The molecule has 0 saturated carbocycles. The van der Waals surface area contributed by atoms with E-state index < -0.39 is 0 Å². The minimum atomic E-state index is 0.569. The second-order valence-electron chi connectivity index (χ2n) is 1.71. The van der Waals surface area contributed by atoms with Crippen LogP contribution < -0.4 is 5.59 Å². The molecule has 5 nitrogen and oxygen atoms in total. The van der Waals surface area contributed by atoms with Gasteiger partial charge in [-0.2, -0.15) is 0 Å². The maximum absolute atomic E-state index is 10.8. The molecule has 0 amide bonds. The maximum Gasteiger partial charge on any atom is 0.274 e. The first-order valence-electron chi connectivity index (χ1n) is 3.27. The lowest BCUT2D eigenvalue weighted by atomic mass is 10.6. The van der Waals surface area contributed by atoms with Crippen molar-refractivity contribution in [2.75, 3.05) is 20.2 Å². The molecular formula is C5H14N3O2+. The maximum atomic E-state index is 10.8. The van der Waals surface area contributed by atoms with E-state index in [-0.39, 0.29) is 0 Å². The van der Waals surface area contributed by atoms with Crippen LogP contribution in [-0.4, -0.2) is 30.2 Å². The van der Waals surface area contributed by atoms with Crippen molar-refractivity contribution < 1.29 is 9.82 Å². The molecule has 0 radical (unpaired) electrons. The SMILES string of the molecule is CCN(CC)[N+](=O)NOC. The molecule has 60 valence electrons. The minimum Gasteiger partial charge on any atom is -0.226 e. The zero-order chi connectivity index (χ0) is 7.98. The largest absolute Gasteiger partial charge is 0.274 e. The quantitative estimate of drug-likeness (QED) is 0.443. The Labute approximate surface area is 60.4 Å². The molecule has 5 heteroatoms. The minimum absolute atomic E-state index is 0.569. The molecule has 1 N–H and O–H groups in total. The van der Waals surface area contributed by atoms with Crippen molar-refractivity contribution in [2.24, 2.45) is 0 Å². The summed E-state index contributed by atoms with van der Waals surface area (Å²) in [6.45, 7) is 5.12. The molecule has 0 rings (SSSR count). The lowest BCUT2D eigenvalue weighted by Gasteiger charge is -2.06. The highest BCUT2D eigenvalue weighted by molar-refractivity contribution is 4.28. The molecule has 0 heterocycles. The standard InChI is InChI=1S/C5H14N3O2/c1-4-7(5-2)8(9)6-10-3/h4-5H2,1-3H3,(H,6,9)/q+1. The number of nitrogens with zero attached hydrogens (tertiary/aromatic N) is 2. The van der Waals surface area contributed by atoms with E-state index in [4.69, 9.17) is 0 Å². The van der Waals surface area contributed by atoms with Crippen molar-refractivity contribution in [2.45, 2.75) is 13.8 Å². The van der Waals surface area contributed by atoms with Gasteiger partial charge in [0.15, 0.2) is 0 Å². The fraction of sp³-hybridized carbons (Fsp3) is 1.00. The first-order chi connectivity index (χ1) is 4.76. The van der Waals surface area contributed by atoms with Crippen molar-refractivity contribution >= 4 is 0 Å². The van der Waals surface area contributed by atoms with Crippen molar-refractivity contribution in [1.29, 1.82) is 0 Å². The van der Waals surface area contributed by atoms with Crippen molar-refractivity contribution in [3.8, 4) is 0 Å². The van der Waals surface area contributed by atoms with E-state index in [2.05, 4.69) is 10.4 Å². The molecule has 0 aromatic heterocycles. The molecule has 0 bridgehead atoms. The Kier molecular flexibility index (Phi) is 4.57. The molecule has 0 saturated heterocycles. The normalized spacial score (nSPS) is 9.10. The Morgan fingerprint density at radius 2 is 2.00 bits per heavy atom. The number of nitroso groups, excluding NO2 is 1. The highest BCUT2D eigenvalue weighted by Gasteiger charge is 2.15. The van der Waals surface area contributed by atoms with E-state index in [0.29, 0.717) is 18.1 Å². The molecule has 0 aliphatic heterocycles. The summed E-state index contributed by atoms with van der Waals surface area (Å²) >= 11 is 0. The van der Waals surface area contributed by atoms with Gasteiger partial charge in [-0.05, 0) is 13.8 Å². The Bertz CT molecular complexity index is 103. The first kappa shape index (κ1) is 9.16. The summed E-state index contributed by atoms with van der Waals surface area (Å²) in [7, 11) is 1.40. The molecule has 0 fully saturated rings. The topological polar surface area (TPSA) is 44.6 Å². The molecule has 0 aromatic carbocycles. The van der Waals surface area contributed by atoms with Crippen LogP contribution in [0.5, 0.6) is 0 Å². The first-order valence-corrected chi connectivity index (χ1v) is 3.27. The molecule has 0 spiro atoms. The van der Waals surface area contributed by atoms with E-state index >= 15 is 0 Å². The van der Waals surface area contributed by atoms with Crippen LogP contribution in [0.15, 0.2) is 0 Å². The molecular weight excluding hydrogens is 134 g/mol. The number of hydrogen-bond acceptors (Lipinski definition) is 2. The zero-order valence-electron chi connectivity index (χ0n) is 6.63. The number of hydrogen-bond donors (Lipinski definition) is 1. The number of hydrazine groups is 2. The summed E-state index contributed by atoms with van der Waals surface area (Å²) in [5, 5.41) is 1.55. The molecule has 0 aliphatic carbocycles. The molecule has 10 heavy (non-hydrogen) atoms. The zero-order valence-corrected chi connectivity index (χ0v) is 6.63. The van der Waals surface area contributed by atoms with Crippen LogP contribution in [0.3, 0.4) is 0 Å². The van der Waals surface area contributed by atoms with Gasteiger partial charge in [0, 0.05) is 5.59 Å². The monoisotopic (exact) mass is 148 g/mol. The lowest BCUT2D eigenvalue weighted by Crippen LogP contribution is -2.41. The predicted molar refractivity (Wildman–Crippen MR) is 36.7 cm³/mol. The third-order valence-electron chi connectivity index (χ3n) is 1.16. The highest BCUT2D eigenvalue weighted by atomic mass is 16.7. The Morgan fingerprint density at radius 1 is 1.50 bits per heavy atom. The predicted octanol–water partition coefficient (Wildman–Crippen LogP) is 0.0881. The van der Waals surface area contributed by atoms with Crippen molar-refractivity contribution in [1.82, 2.24) is 10.6 Å². The summed E-state index contributed by atoms with van der Waals surface area (Å²) < 4.78 is 0. The molecule has 0 atom stereocenters. The third-order valence-corrected chi connectivity index (χ3v) is 1.16. The summed E-state index contributed by atoms with van der Waals surface area (Å²) in [5.41, 5.74) is 2.15. The van der Waals surface area contributed by atoms with Gasteiger partial charge in [0.2, 0.25) is 0 Å². The highest BCUT2D eigenvalue weighted by Crippen LogP contribution is 1.83. The summed E-state index contributed by atoms with van der Waals surface area (Å²) in [5.74, 6) is 0. The van der Waals surface area contributed by atoms with Gasteiger partial charge in [0.25, 0.3) is 4.98 Å². The van der Waals surface area contributed by atoms with Crippen LogP contribution in [0.4, 0.5) is 0 Å². The van der Waals surface area contributed by atoms with Gasteiger partial charge in [0.05, 0.1) is 25.1 Å².